The Kier molecular flexibility index (Phi) is 6.53. The van der Waals surface area contributed by atoms with Crippen molar-refractivity contribution in [3.05, 3.63) is 70.9 Å². The normalized spacial score (nSPS) is 15.6. The lowest BCUT2D eigenvalue weighted by Gasteiger charge is -2.17. The van der Waals surface area contributed by atoms with Crippen molar-refractivity contribution in [2.24, 2.45) is 0 Å². The largest absolute Gasteiger partial charge is 0.447 e. The molecule has 0 radical (unpaired) electrons. The zero-order valence-corrected chi connectivity index (χ0v) is 20.6. The molecule has 1 saturated heterocycles. The number of ether oxygens (including phenoxy) is 1. The summed E-state index contributed by atoms with van der Waals surface area (Å²) in [6.07, 6.45) is -0.664. The van der Waals surface area contributed by atoms with Gasteiger partial charge in [0.2, 0.25) is 0 Å². The number of aromatic nitrogens is 2. The number of imide groups is 1. The van der Waals surface area contributed by atoms with E-state index in [0.29, 0.717) is 27.8 Å². The molecule has 0 bridgehead atoms. The van der Waals surface area contributed by atoms with Crippen LogP contribution in [0, 0.1) is 0 Å². The molecular formula is C25H26ClN5O4. The number of rotatable bonds is 4. The zero-order valence-electron chi connectivity index (χ0n) is 19.8. The van der Waals surface area contributed by atoms with E-state index in [1.54, 1.807) is 66.2 Å². The van der Waals surface area contributed by atoms with Crippen LogP contribution >= 0.6 is 11.6 Å². The van der Waals surface area contributed by atoms with Crippen molar-refractivity contribution < 1.29 is 19.1 Å². The number of halogens is 1. The SMILES string of the molecule is C[C@H]1COC(=O)N1C(=O)c1cccc(-n2nc(C(C)(C)C)cc2NC(=O)Nc2ccc(Cl)cc2)c1. The Morgan fingerprint density at radius 1 is 1.09 bits per heavy atom. The molecule has 1 fully saturated rings. The monoisotopic (exact) mass is 495 g/mol. The molecule has 1 aliphatic heterocycles. The molecule has 0 saturated carbocycles. The Morgan fingerprint density at radius 3 is 2.43 bits per heavy atom. The van der Waals surface area contributed by atoms with Gasteiger partial charge in [-0.25, -0.2) is 19.2 Å². The van der Waals surface area contributed by atoms with Crippen LogP contribution in [0.5, 0.6) is 0 Å². The Morgan fingerprint density at radius 2 is 1.80 bits per heavy atom. The van der Waals surface area contributed by atoms with Crippen LogP contribution in [-0.4, -0.2) is 45.4 Å². The van der Waals surface area contributed by atoms with Gasteiger partial charge in [0.15, 0.2) is 0 Å². The molecular weight excluding hydrogens is 470 g/mol. The first-order chi connectivity index (χ1) is 16.5. The maximum absolute atomic E-state index is 13.0. The average Bonchev–Trinajstić information content (AvgIpc) is 3.38. The van der Waals surface area contributed by atoms with E-state index >= 15 is 0 Å². The molecule has 1 aromatic heterocycles. The number of anilines is 2. The molecule has 0 aliphatic carbocycles. The second kappa shape index (κ2) is 9.42. The van der Waals surface area contributed by atoms with Crippen LogP contribution < -0.4 is 10.6 Å². The second-order valence-corrected chi connectivity index (χ2v) is 9.75. The summed E-state index contributed by atoms with van der Waals surface area (Å²) in [7, 11) is 0. The fourth-order valence-corrected chi connectivity index (χ4v) is 3.68. The highest BCUT2D eigenvalue weighted by Crippen LogP contribution is 2.27. The maximum Gasteiger partial charge on any atom is 0.417 e. The first-order valence-corrected chi connectivity index (χ1v) is 11.5. The number of cyclic esters (lactones) is 1. The van der Waals surface area contributed by atoms with E-state index in [2.05, 4.69) is 10.6 Å². The van der Waals surface area contributed by atoms with Crippen LogP contribution in [-0.2, 0) is 10.2 Å². The molecule has 35 heavy (non-hydrogen) atoms. The van der Waals surface area contributed by atoms with E-state index in [1.807, 2.05) is 20.8 Å². The molecule has 2 aromatic carbocycles. The Bertz CT molecular complexity index is 1280. The highest BCUT2D eigenvalue weighted by molar-refractivity contribution is 6.30. The third-order valence-corrected chi connectivity index (χ3v) is 5.72. The summed E-state index contributed by atoms with van der Waals surface area (Å²) in [5.74, 6) is -0.0417. The van der Waals surface area contributed by atoms with Crippen LogP contribution in [0.1, 0.15) is 43.7 Å². The fraction of sp³-hybridized carbons (Fsp3) is 0.280. The second-order valence-electron chi connectivity index (χ2n) is 9.31. The maximum atomic E-state index is 13.0. The first kappa shape index (κ1) is 24.3. The van der Waals surface area contributed by atoms with E-state index in [-0.39, 0.29) is 18.1 Å². The van der Waals surface area contributed by atoms with Gasteiger partial charge < -0.3 is 10.1 Å². The quantitative estimate of drug-likeness (QED) is 0.500. The molecule has 0 spiro atoms. The number of nitrogens with zero attached hydrogens (tertiary/aromatic N) is 3. The molecule has 2 heterocycles. The number of hydrogen-bond acceptors (Lipinski definition) is 5. The Labute approximate surface area is 208 Å². The van der Waals surface area contributed by atoms with E-state index in [9.17, 15) is 14.4 Å². The van der Waals surface area contributed by atoms with Crippen molar-refractivity contribution in [2.75, 3.05) is 17.2 Å². The number of carbonyl (C=O) groups is 3. The molecule has 0 unspecified atom stereocenters. The smallest absolute Gasteiger partial charge is 0.417 e. The Balaban J connectivity index is 1.65. The molecule has 182 valence electrons. The van der Waals surface area contributed by atoms with E-state index in [0.717, 1.165) is 10.6 Å². The van der Waals surface area contributed by atoms with Crippen LogP contribution in [0.2, 0.25) is 5.02 Å². The van der Waals surface area contributed by atoms with Gasteiger partial charge in [0.25, 0.3) is 5.91 Å². The molecule has 1 aliphatic rings. The van der Waals surface area contributed by atoms with Crippen molar-refractivity contribution in [2.45, 2.75) is 39.2 Å². The molecule has 4 rings (SSSR count). The van der Waals surface area contributed by atoms with Crippen LogP contribution in [0.4, 0.5) is 21.1 Å². The predicted octanol–water partition coefficient (Wildman–Crippen LogP) is 5.45. The van der Waals surface area contributed by atoms with Gasteiger partial charge in [-0.2, -0.15) is 5.10 Å². The molecule has 10 heteroatoms. The van der Waals surface area contributed by atoms with Gasteiger partial charge in [-0.05, 0) is 49.4 Å². The topological polar surface area (TPSA) is 106 Å². The number of benzene rings is 2. The number of hydrogen-bond donors (Lipinski definition) is 2. The van der Waals surface area contributed by atoms with Crippen molar-refractivity contribution in [1.82, 2.24) is 14.7 Å². The minimum atomic E-state index is -0.664. The summed E-state index contributed by atoms with van der Waals surface area (Å²) in [6.45, 7) is 7.94. The summed E-state index contributed by atoms with van der Waals surface area (Å²) < 4.78 is 6.54. The number of nitrogens with one attached hydrogen (secondary N) is 2. The number of carbonyl (C=O) groups excluding carboxylic acids is 3. The molecule has 1 atom stereocenters. The highest BCUT2D eigenvalue weighted by atomic mass is 35.5. The minimum absolute atomic E-state index is 0.162. The third kappa shape index (κ3) is 5.30. The van der Waals surface area contributed by atoms with Crippen molar-refractivity contribution in [1.29, 1.82) is 0 Å². The fourth-order valence-electron chi connectivity index (χ4n) is 3.55. The van der Waals surface area contributed by atoms with E-state index in [4.69, 9.17) is 21.4 Å². The van der Waals surface area contributed by atoms with Crippen molar-refractivity contribution in [3.63, 3.8) is 0 Å². The third-order valence-electron chi connectivity index (χ3n) is 5.46. The highest BCUT2D eigenvalue weighted by Gasteiger charge is 2.35. The van der Waals surface area contributed by atoms with Gasteiger partial charge >= 0.3 is 12.1 Å². The van der Waals surface area contributed by atoms with Crippen LogP contribution in [0.25, 0.3) is 5.69 Å². The lowest BCUT2D eigenvalue weighted by atomic mass is 9.92. The molecule has 2 N–H and O–H groups in total. The van der Waals surface area contributed by atoms with Gasteiger partial charge in [-0.15, -0.1) is 0 Å². The minimum Gasteiger partial charge on any atom is -0.447 e. The lowest BCUT2D eigenvalue weighted by molar-refractivity contribution is 0.0781. The summed E-state index contributed by atoms with van der Waals surface area (Å²) in [5, 5.41) is 10.8. The van der Waals surface area contributed by atoms with E-state index in [1.165, 1.54) is 0 Å². The molecule has 9 nitrogen and oxygen atoms in total. The Hall–Kier alpha value is -3.85. The van der Waals surface area contributed by atoms with Crippen molar-refractivity contribution >= 4 is 41.1 Å². The summed E-state index contributed by atoms with van der Waals surface area (Å²) in [4.78, 5) is 38.8. The summed E-state index contributed by atoms with van der Waals surface area (Å²) in [6, 6.07) is 14.4. The van der Waals surface area contributed by atoms with E-state index < -0.39 is 18.0 Å². The molecule has 3 aromatic rings. The summed E-state index contributed by atoms with van der Waals surface area (Å²) >= 11 is 5.91. The van der Waals surface area contributed by atoms with Gasteiger partial charge in [-0.3, -0.25) is 10.1 Å². The van der Waals surface area contributed by atoms with Crippen LogP contribution in [0.15, 0.2) is 54.6 Å². The number of urea groups is 1. The van der Waals surface area contributed by atoms with Gasteiger partial charge in [-0.1, -0.05) is 38.4 Å². The average molecular weight is 496 g/mol. The lowest BCUT2D eigenvalue weighted by Crippen LogP contribution is -2.37. The molecule has 4 amide bonds. The van der Waals surface area contributed by atoms with Crippen LogP contribution in [0.3, 0.4) is 0 Å². The summed E-state index contributed by atoms with van der Waals surface area (Å²) in [5.41, 5.74) is 1.88. The van der Waals surface area contributed by atoms with Gasteiger partial charge in [0, 0.05) is 27.8 Å². The number of amides is 4. The first-order valence-electron chi connectivity index (χ1n) is 11.1. The van der Waals surface area contributed by atoms with Gasteiger partial charge in [0.1, 0.15) is 12.4 Å². The van der Waals surface area contributed by atoms with Crippen molar-refractivity contribution in [3.8, 4) is 5.69 Å². The zero-order chi connectivity index (χ0) is 25.3. The van der Waals surface area contributed by atoms with Gasteiger partial charge in [0.05, 0.1) is 17.4 Å². The predicted molar refractivity (Wildman–Crippen MR) is 133 cm³/mol. The standard InChI is InChI=1S/C25H26ClN5O4/c1-15-14-35-24(34)30(15)22(32)16-6-5-7-19(12-16)31-21(13-20(29-31)25(2,3)4)28-23(33)27-18-10-8-17(26)9-11-18/h5-13,15H,14H2,1-4H3,(H2,27,28,33)/t15-/m0/s1.